The number of phenols is 1. The van der Waals surface area contributed by atoms with Crippen LogP contribution in [0.15, 0.2) is 57.9 Å². The molecule has 1 unspecified atom stereocenters. The van der Waals surface area contributed by atoms with Gasteiger partial charge in [0.2, 0.25) is 0 Å². The van der Waals surface area contributed by atoms with E-state index < -0.39 is 17.9 Å². The number of hydrogen-bond acceptors (Lipinski definition) is 5. The van der Waals surface area contributed by atoms with Crippen LogP contribution in [0.4, 0.5) is 0 Å². The molecular formula is C18H12BrNO4S2. The monoisotopic (exact) mass is 449 g/mol. The van der Waals surface area contributed by atoms with Gasteiger partial charge in [-0.2, -0.15) is 0 Å². The summed E-state index contributed by atoms with van der Waals surface area (Å²) in [5.41, 5.74) is 1.16. The van der Waals surface area contributed by atoms with Crippen molar-refractivity contribution in [2.75, 3.05) is 0 Å². The van der Waals surface area contributed by atoms with E-state index >= 15 is 0 Å². The first-order valence-corrected chi connectivity index (χ1v) is 9.43. The molecular weight excluding hydrogens is 438 g/mol. The summed E-state index contributed by atoms with van der Waals surface area (Å²) in [6, 6.07) is 12.1. The molecule has 0 spiro atoms. The van der Waals surface area contributed by atoms with Crippen molar-refractivity contribution in [3.05, 3.63) is 69.0 Å². The number of carboxylic acid groups (broad SMARTS) is 1. The number of halogens is 1. The molecule has 1 saturated heterocycles. The minimum Gasteiger partial charge on any atom is -0.507 e. The molecule has 3 rings (SSSR count). The molecule has 1 aliphatic heterocycles. The van der Waals surface area contributed by atoms with Crippen LogP contribution in [0.5, 0.6) is 5.75 Å². The maximum absolute atomic E-state index is 12.8. The van der Waals surface area contributed by atoms with Gasteiger partial charge in [0.1, 0.15) is 10.1 Å². The first-order valence-electron chi connectivity index (χ1n) is 7.42. The molecule has 0 aromatic heterocycles. The summed E-state index contributed by atoms with van der Waals surface area (Å²) in [5, 5.41) is 19.2. The van der Waals surface area contributed by atoms with E-state index in [1.54, 1.807) is 48.5 Å². The number of aliphatic carboxylic acids is 1. The van der Waals surface area contributed by atoms with E-state index in [1.165, 1.54) is 6.07 Å². The molecule has 2 N–H and O–H groups in total. The van der Waals surface area contributed by atoms with Gasteiger partial charge in [-0.1, -0.05) is 60.4 Å². The van der Waals surface area contributed by atoms with Crippen molar-refractivity contribution in [3.8, 4) is 5.75 Å². The number of thiocarbonyl (C=S) groups is 1. The van der Waals surface area contributed by atoms with Gasteiger partial charge in [-0.3, -0.25) is 9.69 Å². The van der Waals surface area contributed by atoms with Crippen molar-refractivity contribution in [1.29, 1.82) is 0 Å². The normalized spacial score (nSPS) is 17.0. The predicted octanol–water partition coefficient (Wildman–Crippen LogP) is 4.18. The summed E-state index contributed by atoms with van der Waals surface area (Å²) < 4.78 is 0.685. The van der Waals surface area contributed by atoms with E-state index in [1.807, 2.05) is 0 Å². The maximum Gasteiger partial charge on any atom is 0.331 e. The topological polar surface area (TPSA) is 77.8 Å². The van der Waals surface area contributed by atoms with E-state index in [2.05, 4.69) is 15.9 Å². The Labute approximate surface area is 167 Å². The van der Waals surface area contributed by atoms with E-state index in [9.17, 15) is 19.8 Å². The molecule has 0 aliphatic carbocycles. The Hall–Kier alpha value is -2.16. The SMILES string of the molecule is O=C(O)C(c1ccccc1)N1C(=O)/C(=C\c2ccc(O)c(Br)c2)SC1=S. The van der Waals surface area contributed by atoms with Crippen LogP contribution in [0.1, 0.15) is 17.2 Å². The molecule has 1 atom stereocenters. The third kappa shape index (κ3) is 3.67. The highest BCUT2D eigenvalue weighted by molar-refractivity contribution is 9.10. The molecule has 0 saturated carbocycles. The van der Waals surface area contributed by atoms with Crippen LogP contribution in [-0.4, -0.2) is 31.3 Å². The highest BCUT2D eigenvalue weighted by Crippen LogP contribution is 2.38. The summed E-state index contributed by atoms with van der Waals surface area (Å²) in [5.74, 6) is -1.52. The Morgan fingerprint density at radius 3 is 2.54 bits per heavy atom. The number of nitrogens with zero attached hydrogens (tertiary/aromatic N) is 1. The summed E-state index contributed by atoms with van der Waals surface area (Å²) in [6.45, 7) is 0. The smallest absolute Gasteiger partial charge is 0.331 e. The lowest BCUT2D eigenvalue weighted by molar-refractivity contribution is -0.145. The third-order valence-electron chi connectivity index (χ3n) is 3.70. The van der Waals surface area contributed by atoms with Crippen molar-refractivity contribution in [1.82, 2.24) is 4.90 Å². The van der Waals surface area contributed by atoms with Gasteiger partial charge >= 0.3 is 5.97 Å². The summed E-state index contributed by atoms with van der Waals surface area (Å²) >= 11 is 9.54. The quantitative estimate of drug-likeness (QED) is 0.538. The number of carbonyl (C=O) groups excluding carboxylic acids is 1. The van der Waals surface area contributed by atoms with Crippen molar-refractivity contribution in [2.24, 2.45) is 0 Å². The number of aromatic hydroxyl groups is 1. The van der Waals surface area contributed by atoms with Crippen LogP contribution < -0.4 is 0 Å². The Morgan fingerprint density at radius 2 is 1.92 bits per heavy atom. The van der Waals surface area contributed by atoms with Crippen LogP contribution in [0, 0.1) is 0 Å². The fourth-order valence-electron chi connectivity index (χ4n) is 2.50. The number of thioether (sulfide) groups is 1. The van der Waals surface area contributed by atoms with Gasteiger partial charge in [0.25, 0.3) is 5.91 Å². The standard InChI is InChI=1S/C18H12BrNO4S2/c19-12-8-10(6-7-13(12)21)9-14-16(22)20(18(25)26-14)15(17(23)24)11-4-2-1-3-5-11/h1-9,15,21H,(H,23,24)/b14-9+. The summed E-state index contributed by atoms with van der Waals surface area (Å²) in [6.07, 6.45) is 1.62. The highest BCUT2D eigenvalue weighted by atomic mass is 79.9. The molecule has 0 radical (unpaired) electrons. The van der Waals surface area contributed by atoms with Gasteiger partial charge in [-0.15, -0.1) is 0 Å². The number of phenolic OH excluding ortho intramolecular Hbond substituents is 1. The second-order valence-electron chi connectivity index (χ2n) is 5.41. The van der Waals surface area contributed by atoms with E-state index in [0.717, 1.165) is 16.7 Å². The molecule has 26 heavy (non-hydrogen) atoms. The Bertz CT molecular complexity index is 930. The van der Waals surface area contributed by atoms with E-state index in [-0.39, 0.29) is 10.1 Å². The molecule has 1 fully saturated rings. The van der Waals surface area contributed by atoms with Crippen LogP contribution in [-0.2, 0) is 9.59 Å². The number of rotatable bonds is 4. The minimum atomic E-state index is -1.18. The van der Waals surface area contributed by atoms with E-state index in [0.29, 0.717) is 20.5 Å². The Kier molecular flexibility index (Phi) is 5.45. The Morgan fingerprint density at radius 1 is 1.23 bits per heavy atom. The first-order chi connectivity index (χ1) is 12.4. The highest BCUT2D eigenvalue weighted by Gasteiger charge is 2.41. The lowest BCUT2D eigenvalue weighted by Crippen LogP contribution is -2.37. The van der Waals surface area contributed by atoms with Crippen LogP contribution >= 0.6 is 39.9 Å². The second-order valence-corrected chi connectivity index (χ2v) is 7.94. The largest absolute Gasteiger partial charge is 0.507 e. The predicted molar refractivity (Wildman–Crippen MR) is 108 cm³/mol. The lowest BCUT2D eigenvalue weighted by atomic mass is 10.1. The van der Waals surface area contributed by atoms with Crippen LogP contribution in [0.3, 0.4) is 0 Å². The van der Waals surface area contributed by atoms with Crippen molar-refractivity contribution < 1.29 is 19.8 Å². The molecule has 1 heterocycles. The molecule has 1 amide bonds. The van der Waals surface area contributed by atoms with Crippen LogP contribution in [0.2, 0.25) is 0 Å². The molecule has 0 bridgehead atoms. The van der Waals surface area contributed by atoms with Crippen LogP contribution in [0.25, 0.3) is 6.08 Å². The number of hydrogen-bond donors (Lipinski definition) is 2. The number of carbonyl (C=O) groups is 2. The van der Waals surface area contributed by atoms with Crippen molar-refractivity contribution in [2.45, 2.75) is 6.04 Å². The van der Waals surface area contributed by atoms with Gasteiger partial charge < -0.3 is 10.2 Å². The third-order valence-corrected chi connectivity index (χ3v) is 5.67. The average Bonchev–Trinajstić information content (AvgIpc) is 2.87. The fraction of sp³-hybridized carbons (Fsp3) is 0.0556. The Balaban J connectivity index is 1.96. The van der Waals surface area contributed by atoms with Crippen molar-refractivity contribution >= 4 is 62.2 Å². The van der Waals surface area contributed by atoms with Gasteiger partial charge in [0.15, 0.2) is 6.04 Å². The number of amides is 1. The zero-order valence-corrected chi connectivity index (χ0v) is 16.3. The molecule has 132 valence electrons. The summed E-state index contributed by atoms with van der Waals surface area (Å²) in [4.78, 5) is 26.1. The zero-order valence-electron chi connectivity index (χ0n) is 13.1. The van der Waals surface area contributed by atoms with E-state index in [4.69, 9.17) is 12.2 Å². The lowest BCUT2D eigenvalue weighted by Gasteiger charge is -2.23. The number of carboxylic acids is 1. The van der Waals surface area contributed by atoms with Gasteiger partial charge in [0.05, 0.1) is 9.38 Å². The fourth-order valence-corrected chi connectivity index (χ4v) is 4.21. The molecule has 8 heteroatoms. The maximum atomic E-state index is 12.8. The second kappa shape index (κ2) is 7.61. The number of benzene rings is 2. The molecule has 2 aromatic carbocycles. The van der Waals surface area contributed by atoms with Gasteiger partial charge in [-0.25, -0.2) is 4.79 Å². The zero-order chi connectivity index (χ0) is 18.8. The average molecular weight is 450 g/mol. The van der Waals surface area contributed by atoms with Gasteiger partial charge in [0, 0.05) is 0 Å². The van der Waals surface area contributed by atoms with Gasteiger partial charge in [-0.05, 0) is 45.3 Å². The minimum absolute atomic E-state index is 0.0877. The van der Waals surface area contributed by atoms with Crippen molar-refractivity contribution in [3.63, 3.8) is 0 Å². The molecule has 5 nitrogen and oxygen atoms in total. The molecule has 2 aromatic rings. The summed E-state index contributed by atoms with van der Waals surface area (Å²) in [7, 11) is 0. The first kappa shape index (κ1) is 18.6. The molecule has 1 aliphatic rings.